The van der Waals surface area contributed by atoms with E-state index in [0.717, 1.165) is 42.1 Å². The maximum absolute atomic E-state index is 12.7. The first kappa shape index (κ1) is 18.2. The standard InChI is InChI=1S/C22H23N3O3/c1-15-23-21(14-28-15)22(26)25-11-5-7-17(13-25)20-10-4-9-19(24-20)16-6-3-8-18(12-16)27-2/h3-4,6,8-10,12,14,17H,5,7,11,13H2,1-2H3. The Morgan fingerprint density at radius 2 is 2.07 bits per heavy atom. The van der Waals surface area contributed by atoms with Crippen molar-refractivity contribution < 1.29 is 13.9 Å². The van der Waals surface area contributed by atoms with Crippen molar-refractivity contribution in [3.63, 3.8) is 0 Å². The maximum atomic E-state index is 12.7. The Bertz CT molecular complexity index is 982. The van der Waals surface area contributed by atoms with Gasteiger partial charge in [-0.3, -0.25) is 9.78 Å². The summed E-state index contributed by atoms with van der Waals surface area (Å²) >= 11 is 0. The molecule has 0 saturated carbocycles. The van der Waals surface area contributed by atoms with Crippen molar-refractivity contribution in [2.45, 2.75) is 25.7 Å². The smallest absolute Gasteiger partial charge is 0.275 e. The lowest BCUT2D eigenvalue weighted by molar-refractivity contribution is 0.0700. The number of pyridine rings is 1. The Hall–Kier alpha value is -3.15. The predicted molar refractivity (Wildman–Crippen MR) is 105 cm³/mol. The number of hydrogen-bond acceptors (Lipinski definition) is 5. The van der Waals surface area contributed by atoms with Crippen LogP contribution in [0.4, 0.5) is 0 Å². The lowest BCUT2D eigenvalue weighted by atomic mass is 9.93. The summed E-state index contributed by atoms with van der Waals surface area (Å²) in [5.41, 5.74) is 3.31. The highest BCUT2D eigenvalue weighted by Gasteiger charge is 2.27. The fraction of sp³-hybridized carbons (Fsp3) is 0.318. The van der Waals surface area contributed by atoms with E-state index in [4.69, 9.17) is 14.1 Å². The molecule has 1 aromatic carbocycles. The van der Waals surface area contributed by atoms with Crippen LogP contribution in [0.3, 0.4) is 0 Å². The zero-order chi connectivity index (χ0) is 19.5. The number of aryl methyl sites for hydroxylation is 1. The normalized spacial score (nSPS) is 16.8. The summed E-state index contributed by atoms with van der Waals surface area (Å²) < 4.78 is 10.5. The van der Waals surface area contributed by atoms with Gasteiger partial charge in [-0.15, -0.1) is 0 Å². The van der Waals surface area contributed by atoms with Crippen LogP contribution in [0.25, 0.3) is 11.3 Å². The van der Waals surface area contributed by atoms with Crippen molar-refractivity contribution in [2.75, 3.05) is 20.2 Å². The number of oxazole rings is 1. The molecular formula is C22H23N3O3. The van der Waals surface area contributed by atoms with E-state index >= 15 is 0 Å². The predicted octanol–water partition coefficient (Wildman–Crippen LogP) is 4.07. The van der Waals surface area contributed by atoms with E-state index < -0.39 is 0 Å². The summed E-state index contributed by atoms with van der Waals surface area (Å²) in [4.78, 5) is 23.6. The zero-order valence-corrected chi connectivity index (χ0v) is 16.1. The van der Waals surface area contributed by atoms with E-state index in [-0.39, 0.29) is 11.8 Å². The van der Waals surface area contributed by atoms with Crippen LogP contribution in [0.1, 0.15) is 40.8 Å². The van der Waals surface area contributed by atoms with E-state index in [1.165, 1.54) is 6.26 Å². The molecule has 144 valence electrons. The fourth-order valence-corrected chi connectivity index (χ4v) is 3.65. The third-order valence-electron chi connectivity index (χ3n) is 5.10. The van der Waals surface area contributed by atoms with E-state index in [2.05, 4.69) is 4.98 Å². The number of benzene rings is 1. The van der Waals surface area contributed by atoms with Crippen molar-refractivity contribution >= 4 is 5.91 Å². The molecule has 6 nitrogen and oxygen atoms in total. The molecule has 2 aromatic heterocycles. The number of methoxy groups -OCH3 is 1. The van der Waals surface area contributed by atoms with Gasteiger partial charge in [0.15, 0.2) is 11.6 Å². The van der Waals surface area contributed by atoms with E-state index in [1.54, 1.807) is 14.0 Å². The van der Waals surface area contributed by atoms with Crippen molar-refractivity contribution in [3.8, 4) is 17.0 Å². The van der Waals surface area contributed by atoms with Crippen LogP contribution in [0, 0.1) is 6.92 Å². The number of ether oxygens (including phenoxy) is 1. The van der Waals surface area contributed by atoms with Gasteiger partial charge in [0.2, 0.25) is 0 Å². The van der Waals surface area contributed by atoms with Crippen LogP contribution >= 0.6 is 0 Å². The van der Waals surface area contributed by atoms with Gasteiger partial charge in [-0.1, -0.05) is 18.2 Å². The molecule has 6 heteroatoms. The summed E-state index contributed by atoms with van der Waals surface area (Å²) in [5, 5.41) is 0. The number of carbonyl (C=O) groups excluding carboxylic acids is 1. The Morgan fingerprint density at radius 1 is 1.21 bits per heavy atom. The van der Waals surface area contributed by atoms with Gasteiger partial charge in [0.1, 0.15) is 12.0 Å². The number of carbonyl (C=O) groups is 1. The molecule has 1 fully saturated rings. The molecule has 1 amide bonds. The summed E-state index contributed by atoms with van der Waals surface area (Å²) in [6.07, 6.45) is 3.39. The number of rotatable bonds is 4. The van der Waals surface area contributed by atoms with Crippen LogP contribution in [0.15, 0.2) is 53.1 Å². The first-order chi connectivity index (χ1) is 13.6. The van der Waals surface area contributed by atoms with Gasteiger partial charge < -0.3 is 14.1 Å². The highest BCUT2D eigenvalue weighted by molar-refractivity contribution is 5.92. The van der Waals surface area contributed by atoms with Gasteiger partial charge >= 0.3 is 0 Å². The van der Waals surface area contributed by atoms with E-state index in [1.807, 2.05) is 47.4 Å². The number of amides is 1. The second-order valence-electron chi connectivity index (χ2n) is 7.02. The Morgan fingerprint density at radius 3 is 2.86 bits per heavy atom. The van der Waals surface area contributed by atoms with Gasteiger partial charge in [-0.05, 0) is 37.1 Å². The first-order valence-electron chi connectivity index (χ1n) is 9.47. The molecule has 3 aromatic rings. The summed E-state index contributed by atoms with van der Waals surface area (Å²) in [6, 6.07) is 14.0. The fourth-order valence-electron chi connectivity index (χ4n) is 3.65. The zero-order valence-electron chi connectivity index (χ0n) is 16.1. The third kappa shape index (κ3) is 3.76. The highest BCUT2D eigenvalue weighted by atomic mass is 16.5. The lowest BCUT2D eigenvalue weighted by Crippen LogP contribution is -2.39. The number of likely N-dealkylation sites (tertiary alicyclic amines) is 1. The quantitative estimate of drug-likeness (QED) is 0.685. The molecule has 0 N–H and O–H groups in total. The van der Waals surface area contributed by atoms with Crippen LogP contribution < -0.4 is 4.74 Å². The Kier molecular flexibility index (Phi) is 5.10. The molecule has 0 aliphatic carbocycles. The monoisotopic (exact) mass is 377 g/mol. The maximum Gasteiger partial charge on any atom is 0.275 e. The van der Waals surface area contributed by atoms with Crippen molar-refractivity contribution in [1.82, 2.24) is 14.9 Å². The van der Waals surface area contributed by atoms with Crippen LogP contribution in [0.5, 0.6) is 5.75 Å². The van der Waals surface area contributed by atoms with Gasteiger partial charge in [0.25, 0.3) is 5.91 Å². The third-order valence-corrected chi connectivity index (χ3v) is 5.10. The molecule has 28 heavy (non-hydrogen) atoms. The van der Waals surface area contributed by atoms with E-state index in [0.29, 0.717) is 18.1 Å². The molecule has 1 unspecified atom stereocenters. The number of hydrogen-bond donors (Lipinski definition) is 0. The van der Waals surface area contributed by atoms with Gasteiger partial charge in [-0.25, -0.2) is 4.98 Å². The molecular weight excluding hydrogens is 354 g/mol. The van der Waals surface area contributed by atoms with Crippen molar-refractivity contribution in [1.29, 1.82) is 0 Å². The molecule has 4 rings (SSSR count). The molecule has 1 aliphatic rings. The average molecular weight is 377 g/mol. The lowest BCUT2D eigenvalue weighted by Gasteiger charge is -2.32. The molecule has 3 heterocycles. The van der Waals surface area contributed by atoms with Crippen LogP contribution in [0.2, 0.25) is 0 Å². The van der Waals surface area contributed by atoms with Crippen LogP contribution in [-0.4, -0.2) is 41.0 Å². The largest absolute Gasteiger partial charge is 0.497 e. The van der Waals surface area contributed by atoms with Crippen molar-refractivity contribution in [2.24, 2.45) is 0 Å². The Balaban J connectivity index is 1.54. The molecule has 0 spiro atoms. The minimum atomic E-state index is -0.0782. The number of nitrogens with zero attached hydrogens (tertiary/aromatic N) is 3. The van der Waals surface area contributed by atoms with Crippen molar-refractivity contribution in [3.05, 3.63) is 66.0 Å². The molecule has 1 atom stereocenters. The molecule has 1 saturated heterocycles. The van der Waals surface area contributed by atoms with Gasteiger partial charge in [0, 0.05) is 37.2 Å². The second kappa shape index (κ2) is 7.84. The summed E-state index contributed by atoms with van der Waals surface area (Å²) in [6.45, 7) is 3.11. The first-order valence-corrected chi connectivity index (χ1v) is 9.47. The second-order valence-corrected chi connectivity index (χ2v) is 7.02. The average Bonchev–Trinajstić information content (AvgIpc) is 3.19. The van der Waals surface area contributed by atoms with Gasteiger partial charge in [0.05, 0.1) is 12.8 Å². The highest BCUT2D eigenvalue weighted by Crippen LogP contribution is 2.29. The van der Waals surface area contributed by atoms with Gasteiger partial charge in [-0.2, -0.15) is 0 Å². The molecule has 0 bridgehead atoms. The Labute approximate surface area is 164 Å². The van der Waals surface area contributed by atoms with Crippen LogP contribution in [-0.2, 0) is 0 Å². The SMILES string of the molecule is COc1cccc(-c2cccc(C3CCCN(C(=O)c4coc(C)n4)C3)n2)c1. The number of aromatic nitrogens is 2. The summed E-state index contributed by atoms with van der Waals surface area (Å²) in [7, 11) is 1.66. The molecule has 1 aliphatic heterocycles. The topological polar surface area (TPSA) is 68.5 Å². The summed E-state index contributed by atoms with van der Waals surface area (Å²) in [5.74, 6) is 1.44. The number of piperidine rings is 1. The minimum Gasteiger partial charge on any atom is -0.497 e. The molecule has 0 radical (unpaired) electrons. The van der Waals surface area contributed by atoms with E-state index in [9.17, 15) is 4.79 Å². The minimum absolute atomic E-state index is 0.0782.